The van der Waals surface area contributed by atoms with Crippen LogP contribution in [-0.2, 0) is 30.3 Å². The first-order valence-corrected chi connectivity index (χ1v) is 14.4. The quantitative estimate of drug-likeness (QED) is 0.0886. The lowest BCUT2D eigenvalue weighted by atomic mass is 9.74. The summed E-state index contributed by atoms with van der Waals surface area (Å²) in [5, 5.41) is 87.6. The lowest BCUT2D eigenvalue weighted by Crippen LogP contribution is -2.55. The number of amides is 1. The number of phenols is 4. The minimum absolute atomic E-state index is 0.0286. The number of carboxylic acids is 1. The second kappa shape index (κ2) is 12.3. The molecule has 0 bridgehead atoms. The van der Waals surface area contributed by atoms with E-state index < -0.39 is 114 Å². The van der Waals surface area contributed by atoms with Crippen LogP contribution in [0, 0.1) is 0 Å². The highest BCUT2D eigenvalue weighted by Crippen LogP contribution is 2.56. The summed E-state index contributed by atoms with van der Waals surface area (Å²) >= 11 is 0. The van der Waals surface area contributed by atoms with Gasteiger partial charge in [0.1, 0.15) is 41.3 Å². The van der Waals surface area contributed by atoms with Crippen LogP contribution in [0.3, 0.4) is 0 Å². The summed E-state index contributed by atoms with van der Waals surface area (Å²) in [6, 6.07) is 3.19. The van der Waals surface area contributed by atoms with E-state index in [9.17, 15) is 54.9 Å². The smallest absolute Gasteiger partial charge is 0.303 e. The average molecular weight is 644 g/mol. The zero-order chi connectivity index (χ0) is 33.7. The van der Waals surface area contributed by atoms with Gasteiger partial charge in [-0.15, -0.1) is 0 Å². The summed E-state index contributed by atoms with van der Waals surface area (Å²) in [6.07, 6.45) is -6.72. The third-order valence-corrected chi connectivity index (χ3v) is 8.69. The Hall–Kier alpha value is -4.54. The Morgan fingerprint density at radius 3 is 2.39 bits per heavy atom. The van der Waals surface area contributed by atoms with Gasteiger partial charge in [-0.1, -0.05) is 18.2 Å². The van der Waals surface area contributed by atoms with E-state index in [1.807, 2.05) is 0 Å². The van der Waals surface area contributed by atoms with Crippen molar-refractivity contribution in [3.63, 3.8) is 0 Å². The summed E-state index contributed by atoms with van der Waals surface area (Å²) in [6.45, 7) is 0.391. The van der Waals surface area contributed by atoms with Gasteiger partial charge in [0.05, 0.1) is 35.4 Å². The highest BCUT2D eigenvalue weighted by atomic mass is 16.7. The maximum atomic E-state index is 12.8. The number of carbonyl (C=O) groups excluding carboxylic acids is 3. The molecule has 15 heteroatoms. The lowest BCUT2D eigenvalue weighted by molar-refractivity contribution is -0.249. The minimum atomic E-state index is -2.34. The normalized spacial score (nSPS) is 26.0. The zero-order valence-electron chi connectivity index (χ0n) is 24.5. The number of rotatable bonds is 9. The van der Waals surface area contributed by atoms with E-state index in [0.29, 0.717) is 6.29 Å². The molecule has 3 aromatic rings. The van der Waals surface area contributed by atoms with Crippen LogP contribution in [-0.4, -0.2) is 102 Å². The van der Waals surface area contributed by atoms with Crippen LogP contribution < -0.4 is 5.32 Å². The van der Waals surface area contributed by atoms with Crippen molar-refractivity contribution in [1.29, 1.82) is 0 Å². The third kappa shape index (κ3) is 5.56. The highest BCUT2D eigenvalue weighted by molar-refractivity contribution is 6.18. The third-order valence-electron chi connectivity index (χ3n) is 8.69. The number of ketones is 1. The Morgan fingerprint density at radius 2 is 1.74 bits per heavy atom. The van der Waals surface area contributed by atoms with E-state index in [-0.39, 0.29) is 40.3 Å². The molecule has 0 radical (unpaired) electrons. The van der Waals surface area contributed by atoms with Crippen molar-refractivity contribution < 1.29 is 69.5 Å². The molecule has 1 fully saturated rings. The van der Waals surface area contributed by atoms with Gasteiger partial charge in [-0.05, 0) is 6.92 Å². The molecule has 1 aliphatic carbocycles. The number of hydrogen-bond donors (Lipinski definition) is 9. The number of aromatic hydroxyl groups is 4. The van der Waals surface area contributed by atoms with Crippen molar-refractivity contribution in [1.82, 2.24) is 5.32 Å². The average Bonchev–Trinajstić information content (AvgIpc) is 3.01. The second-order valence-corrected chi connectivity index (χ2v) is 11.6. The largest absolute Gasteiger partial charge is 0.507 e. The number of fused-ring (bicyclic) bond motifs is 3. The van der Waals surface area contributed by atoms with Gasteiger partial charge in [-0.3, -0.25) is 19.2 Å². The molecule has 1 heterocycles. The first-order valence-electron chi connectivity index (χ1n) is 14.4. The van der Waals surface area contributed by atoms with E-state index in [0.717, 1.165) is 0 Å². The number of aliphatic carboxylic acids is 1. The van der Waals surface area contributed by atoms with Crippen molar-refractivity contribution >= 4 is 45.5 Å². The molecule has 0 saturated carbocycles. The lowest BCUT2D eigenvalue weighted by Gasteiger charge is -2.42. The minimum Gasteiger partial charge on any atom is -0.507 e. The van der Waals surface area contributed by atoms with Crippen molar-refractivity contribution in [2.75, 3.05) is 6.61 Å². The summed E-state index contributed by atoms with van der Waals surface area (Å²) in [5.74, 6) is -5.57. The first kappa shape index (κ1) is 32.8. The first-order chi connectivity index (χ1) is 21.7. The fourth-order valence-corrected chi connectivity index (χ4v) is 6.38. The molecule has 15 nitrogen and oxygen atoms in total. The van der Waals surface area contributed by atoms with Crippen LogP contribution in [0.1, 0.15) is 60.2 Å². The fourth-order valence-electron chi connectivity index (χ4n) is 6.38. The van der Waals surface area contributed by atoms with E-state index in [1.54, 1.807) is 0 Å². The highest BCUT2D eigenvalue weighted by Gasteiger charge is 2.48. The van der Waals surface area contributed by atoms with Crippen LogP contribution in [0.15, 0.2) is 18.2 Å². The standard InChI is InChI=1S/C31H33NO14/c1-12-26(39)16(32-19(36)5-6-20(37)38)7-21(45-12)46-17-9-31(44,18(35)11-34)8-15-23(17)30(43)25-24(28(15)41)27(40)14-4-2-3-13(10-33)22(14)29(25)42/h2-4,10,12,16-17,21,26,34,39-44H,5-9,11H2,1H3,(H,32,36)(H,37,38)/t12?,16-,17+,21+,26-,31+/m1/s1. The fraction of sp³-hybridized carbons (Fsp3) is 0.419. The van der Waals surface area contributed by atoms with Crippen LogP contribution in [0.2, 0.25) is 0 Å². The number of hydrogen-bond acceptors (Lipinski definition) is 13. The summed E-state index contributed by atoms with van der Waals surface area (Å²) in [5.41, 5.74) is -2.80. The number of benzene rings is 3. The molecule has 46 heavy (non-hydrogen) atoms. The monoisotopic (exact) mass is 643 g/mol. The summed E-state index contributed by atoms with van der Waals surface area (Å²) in [4.78, 5) is 47.7. The van der Waals surface area contributed by atoms with Crippen LogP contribution in [0.5, 0.6) is 23.0 Å². The SMILES string of the molecule is CC1O[C@@H](O[C@H]2C[C@](O)(C(=O)CO)Cc3c2c(O)c2c(O)c4c(C=O)cccc4c(O)c2c3O)C[C@@H](NC(=O)CCC(=O)O)[C@@H]1O. The van der Waals surface area contributed by atoms with E-state index in [4.69, 9.17) is 14.6 Å². The number of aliphatic hydroxyl groups excluding tert-OH is 2. The Bertz CT molecular complexity index is 1760. The summed E-state index contributed by atoms with van der Waals surface area (Å²) < 4.78 is 11.9. The predicted molar refractivity (Wildman–Crippen MR) is 156 cm³/mol. The van der Waals surface area contributed by atoms with Gasteiger partial charge in [-0.2, -0.15) is 0 Å². The number of aldehydes is 1. The molecule has 1 amide bonds. The second-order valence-electron chi connectivity index (χ2n) is 11.6. The molecule has 9 N–H and O–H groups in total. The zero-order valence-corrected chi connectivity index (χ0v) is 24.5. The van der Waals surface area contributed by atoms with Crippen molar-refractivity contribution in [2.45, 2.75) is 75.3 Å². The van der Waals surface area contributed by atoms with Gasteiger partial charge in [0.15, 0.2) is 18.4 Å². The van der Waals surface area contributed by atoms with Gasteiger partial charge < -0.3 is 55.6 Å². The number of carboxylic acid groups (broad SMARTS) is 1. The van der Waals surface area contributed by atoms with Crippen LogP contribution in [0.25, 0.3) is 21.5 Å². The molecule has 246 valence electrons. The maximum absolute atomic E-state index is 12.8. The molecule has 3 aromatic carbocycles. The number of carbonyl (C=O) groups is 4. The number of ether oxygens (including phenoxy) is 2. The van der Waals surface area contributed by atoms with Gasteiger partial charge in [0, 0.05) is 53.1 Å². The maximum Gasteiger partial charge on any atom is 0.303 e. The molecule has 1 saturated heterocycles. The number of nitrogens with one attached hydrogen (secondary N) is 1. The number of phenolic OH excluding ortho intramolecular Hbond substituents is 4. The van der Waals surface area contributed by atoms with Crippen molar-refractivity contribution in [2.24, 2.45) is 0 Å². The molecule has 6 atom stereocenters. The number of Topliss-reactive ketones (excluding diaryl/α,β-unsaturated/α-hetero) is 1. The Kier molecular flexibility index (Phi) is 8.81. The van der Waals surface area contributed by atoms with Gasteiger partial charge in [-0.25, -0.2) is 0 Å². The van der Waals surface area contributed by atoms with E-state index in [2.05, 4.69) is 5.32 Å². The van der Waals surface area contributed by atoms with E-state index >= 15 is 0 Å². The molecule has 1 aliphatic heterocycles. The van der Waals surface area contributed by atoms with Crippen molar-refractivity contribution in [3.05, 3.63) is 34.9 Å². The molecule has 5 rings (SSSR count). The molecular weight excluding hydrogens is 610 g/mol. The Labute approximate surface area is 260 Å². The van der Waals surface area contributed by atoms with E-state index in [1.165, 1.54) is 25.1 Å². The van der Waals surface area contributed by atoms with Gasteiger partial charge in [0.2, 0.25) is 5.91 Å². The summed E-state index contributed by atoms with van der Waals surface area (Å²) in [7, 11) is 0. The van der Waals surface area contributed by atoms with Crippen molar-refractivity contribution in [3.8, 4) is 23.0 Å². The molecule has 0 spiro atoms. The molecule has 1 unspecified atom stereocenters. The predicted octanol–water partition coefficient (Wildman–Crippen LogP) is 0.770. The van der Waals surface area contributed by atoms with Crippen LogP contribution in [0.4, 0.5) is 0 Å². The van der Waals surface area contributed by atoms with Crippen LogP contribution >= 0.6 is 0 Å². The Balaban J connectivity index is 1.63. The molecule has 2 aliphatic rings. The topological polar surface area (TPSA) is 261 Å². The number of aliphatic hydroxyl groups is 3. The molecular formula is C31H33NO14. The van der Waals surface area contributed by atoms with Gasteiger partial charge >= 0.3 is 5.97 Å². The van der Waals surface area contributed by atoms with Gasteiger partial charge in [0.25, 0.3) is 0 Å². The Morgan fingerprint density at radius 1 is 1.04 bits per heavy atom. The molecule has 0 aromatic heterocycles.